The molecule has 0 aliphatic rings. The summed E-state index contributed by atoms with van der Waals surface area (Å²) in [6.45, 7) is 4.22. The molecule has 0 saturated heterocycles. The molecule has 8 nitrogen and oxygen atoms in total. The molecular formula is C26H25N3O5S. The molecule has 0 bridgehead atoms. The van der Waals surface area contributed by atoms with Crippen LogP contribution in [0.4, 0.5) is 5.69 Å². The summed E-state index contributed by atoms with van der Waals surface area (Å²) in [5, 5.41) is 16.1. The van der Waals surface area contributed by atoms with E-state index in [9.17, 15) is 9.90 Å². The van der Waals surface area contributed by atoms with Crippen molar-refractivity contribution in [2.24, 2.45) is 0 Å². The van der Waals surface area contributed by atoms with Gasteiger partial charge in [-0.05, 0) is 60.1 Å². The van der Waals surface area contributed by atoms with Gasteiger partial charge in [0, 0.05) is 11.8 Å². The lowest BCUT2D eigenvalue weighted by atomic mass is 10.0. The molecule has 0 aliphatic carbocycles. The van der Waals surface area contributed by atoms with Gasteiger partial charge < -0.3 is 24.3 Å². The minimum atomic E-state index is -0.495. The maximum absolute atomic E-state index is 12.8. The second kappa shape index (κ2) is 10.0. The van der Waals surface area contributed by atoms with E-state index < -0.39 is 5.91 Å². The Morgan fingerprint density at radius 1 is 1.06 bits per heavy atom. The smallest absolute Gasteiger partial charge is 0.264 e. The highest BCUT2D eigenvalue weighted by molar-refractivity contribution is 7.80. The standard InChI is InChI=1S/C26H25N3O5S/c1-14(2)15-8-11-20-18(12-15)28-25(34-20)17-10-9-16(13-19(17)30)27-26(35)29-24(31)23-21(32-3)6-5-7-22(23)33-4/h5-14,30H,1-4H3,(H2,27,29,31,35). The number of phenols is 1. The number of thiocarbonyl (C=S) groups is 1. The van der Waals surface area contributed by atoms with Gasteiger partial charge in [0.2, 0.25) is 5.89 Å². The summed E-state index contributed by atoms with van der Waals surface area (Å²) < 4.78 is 16.4. The molecule has 0 atom stereocenters. The topological polar surface area (TPSA) is 106 Å². The second-order valence-electron chi connectivity index (χ2n) is 8.08. The van der Waals surface area contributed by atoms with Crippen LogP contribution in [-0.4, -0.2) is 35.3 Å². The largest absolute Gasteiger partial charge is 0.507 e. The number of benzene rings is 3. The van der Waals surface area contributed by atoms with Crippen LogP contribution >= 0.6 is 12.2 Å². The van der Waals surface area contributed by atoms with E-state index in [-0.39, 0.29) is 16.4 Å². The monoisotopic (exact) mass is 491 g/mol. The molecule has 0 fully saturated rings. The number of hydrogen-bond acceptors (Lipinski definition) is 7. The molecule has 35 heavy (non-hydrogen) atoms. The number of nitrogens with one attached hydrogen (secondary N) is 2. The molecule has 180 valence electrons. The number of anilines is 1. The van der Waals surface area contributed by atoms with Crippen molar-refractivity contribution in [1.29, 1.82) is 0 Å². The van der Waals surface area contributed by atoms with Gasteiger partial charge in [0.25, 0.3) is 5.91 Å². The number of aromatic nitrogens is 1. The molecular weight excluding hydrogens is 466 g/mol. The van der Waals surface area contributed by atoms with Gasteiger partial charge >= 0.3 is 0 Å². The van der Waals surface area contributed by atoms with Crippen LogP contribution in [0.1, 0.15) is 35.7 Å². The third kappa shape index (κ3) is 5.04. The first-order chi connectivity index (χ1) is 16.8. The fourth-order valence-corrected chi connectivity index (χ4v) is 3.82. The lowest BCUT2D eigenvalue weighted by Crippen LogP contribution is -2.34. The highest BCUT2D eigenvalue weighted by atomic mass is 32.1. The van der Waals surface area contributed by atoms with Crippen LogP contribution in [0.3, 0.4) is 0 Å². The summed E-state index contributed by atoms with van der Waals surface area (Å²) in [6.07, 6.45) is 0. The van der Waals surface area contributed by atoms with Crippen molar-refractivity contribution in [3.8, 4) is 28.7 Å². The van der Waals surface area contributed by atoms with Crippen molar-refractivity contribution in [2.75, 3.05) is 19.5 Å². The van der Waals surface area contributed by atoms with Crippen LogP contribution < -0.4 is 20.1 Å². The lowest BCUT2D eigenvalue weighted by Gasteiger charge is -2.14. The normalized spacial score (nSPS) is 10.9. The van der Waals surface area contributed by atoms with Crippen molar-refractivity contribution >= 4 is 40.0 Å². The van der Waals surface area contributed by atoms with Crippen molar-refractivity contribution in [3.63, 3.8) is 0 Å². The zero-order chi connectivity index (χ0) is 25.1. The van der Waals surface area contributed by atoms with Gasteiger partial charge in [0.15, 0.2) is 10.7 Å². The van der Waals surface area contributed by atoms with Gasteiger partial charge in [-0.1, -0.05) is 26.0 Å². The molecule has 0 saturated carbocycles. The molecule has 1 heterocycles. The molecule has 1 amide bonds. The van der Waals surface area contributed by atoms with Gasteiger partial charge in [0.05, 0.1) is 19.8 Å². The Labute approximate surface area is 207 Å². The third-order valence-corrected chi connectivity index (χ3v) is 5.65. The summed E-state index contributed by atoms with van der Waals surface area (Å²) >= 11 is 5.28. The number of carbonyl (C=O) groups excluding carboxylic acids is 1. The van der Waals surface area contributed by atoms with Gasteiger partial charge in [-0.2, -0.15) is 0 Å². The lowest BCUT2D eigenvalue weighted by molar-refractivity contribution is 0.0971. The third-order valence-electron chi connectivity index (χ3n) is 5.45. The minimum absolute atomic E-state index is 0.0400. The van der Waals surface area contributed by atoms with E-state index in [4.69, 9.17) is 26.1 Å². The number of amides is 1. The predicted molar refractivity (Wildman–Crippen MR) is 138 cm³/mol. The summed E-state index contributed by atoms with van der Waals surface area (Å²) in [4.78, 5) is 17.3. The highest BCUT2D eigenvalue weighted by Gasteiger charge is 2.20. The van der Waals surface area contributed by atoms with Gasteiger partial charge in [-0.25, -0.2) is 4.98 Å². The van der Waals surface area contributed by atoms with E-state index in [1.807, 2.05) is 18.2 Å². The van der Waals surface area contributed by atoms with Crippen molar-refractivity contribution in [2.45, 2.75) is 19.8 Å². The second-order valence-corrected chi connectivity index (χ2v) is 8.49. The van der Waals surface area contributed by atoms with E-state index in [2.05, 4.69) is 29.5 Å². The molecule has 0 radical (unpaired) electrons. The maximum Gasteiger partial charge on any atom is 0.264 e. The van der Waals surface area contributed by atoms with E-state index in [1.165, 1.54) is 20.3 Å². The van der Waals surface area contributed by atoms with Crippen LogP contribution in [0.25, 0.3) is 22.6 Å². The van der Waals surface area contributed by atoms with Crippen molar-refractivity contribution in [3.05, 3.63) is 65.7 Å². The first-order valence-electron chi connectivity index (χ1n) is 10.9. The number of ether oxygens (including phenoxy) is 2. The Morgan fingerprint density at radius 2 is 1.77 bits per heavy atom. The number of nitrogens with zero attached hydrogens (tertiary/aromatic N) is 1. The Kier molecular flexibility index (Phi) is 6.88. The molecule has 0 unspecified atom stereocenters. The Hall–Kier alpha value is -4.11. The quantitative estimate of drug-likeness (QED) is 0.305. The molecule has 3 aromatic carbocycles. The SMILES string of the molecule is COc1cccc(OC)c1C(=O)NC(=S)Nc1ccc(-c2nc3cc(C(C)C)ccc3o2)c(O)c1. The summed E-state index contributed by atoms with van der Waals surface area (Å²) in [5.41, 5.74) is 3.65. The van der Waals surface area contributed by atoms with Gasteiger partial charge in [0.1, 0.15) is 28.3 Å². The first-order valence-corrected chi connectivity index (χ1v) is 11.3. The number of rotatable bonds is 6. The van der Waals surface area contributed by atoms with Gasteiger partial charge in [-0.15, -0.1) is 0 Å². The number of carbonyl (C=O) groups is 1. The average Bonchev–Trinajstić information content (AvgIpc) is 3.26. The van der Waals surface area contributed by atoms with Crippen LogP contribution in [-0.2, 0) is 0 Å². The minimum Gasteiger partial charge on any atom is -0.507 e. The van der Waals surface area contributed by atoms with Crippen LogP contribution in [0.15, 0.2) is 59.0 Å². The Morgan fingerprint density at radius 3 is 2.40 bits per heavy atom. The molecule has 1 aromatic heterocycles. The summed E-state index contributed by atoms with van der Waals surface area (Å²) in [6, 6.07) is 15.7. The number of phenolic OH excluding ortho intramolecular Hbond substituents is 1. The predicted octanol–water partition coefficient (Wildman–Crippen LogP) is 5.47. The average molecular weight is 492 g/mol. The fourth-order valence-electron chi connectivity index (χ4n) is 3.61. The van der Waals surface area contributed by atoms with Crippen LogP contribution in [0.5, 0.6) is 17.2 Å². The number of fused-ring (bicyclic) bond motifs is 1. The highest BCUT2D eigenvalue weighted by Crippen LogP contribution is 2.34. The summed E-state index contributed by atoms with van der Waals surface area (Å²) in [7, 11) is 2.93. The maximum atomic E-state index is 12.8. The van der Waals surface area contributed by atoms with E-state index in [0.29, 0.717) is 40.1 Å². The van der Waals surface area contributed by atoms with Crippen molar-refractivity contribution in [1.82, 2.24) is 10.3 Å². The number of hydrogen-bond donors (Lipinski definition) is 3. The zero-order valence-corrected chi connectivity index (χ0v) is 20.5. The molecule has 0 aliphatic heterocycles. The number of oxazole rings is 1. The van der Waals surface area contributed by atoms with E-state index >= 15 is 0 Å². The molecule has 0 spiro atoms. The molecule has 4 aromatic rings. The van der Waals surface area contributed by atoms with E-state index in [0.717, 1.165) is 11.1 Å². The molecule has 3 N–H and O–H groups in total. The van der Waals surface area contributed by atoms with E-state index in [1.54, 1.807) is 30.3 Å². The van der Waals surface area contributed by atoms with Crippen LogP contribution in [0.2, 0.25) is 0 Å². The van der Waals surface area contributed by atoms with Crippen molar-refractivity contribution < 1.29 is 23.8 Å². The number of methoxy groups -OCH3 is 2. The number of aromatic hydroxyl groups is 1. The Bertz CT molecular complexity index is 1390. The molecule has 9 heteroatoms. The molecule has 4 rings (SSSR count). The van der Waals surface area contributed by atoms with Crippen LogP contribution in [0, 0.1) is 0 Å². The van der Waals surface area contributed by atoms with Gasteiger partial charge in [-0.3, -0.25) is 10.1 Å². The first kappa shape index (κ1) is 24.0. The fraction of sp³-hybridized carbons (Fsp3) is 0.192. The zero-order valence-electron chi connectivity index (χ0n) is 19.7. The summed E-state index contributed by atoms with van der Waals surface area (Å²) in [5.74, 6) is 0.836. The Balaban J connectivity index is 1.50.